The second kappa shape index (κ2) is 8.47. The fourth-order valence-corrected chi connectivity index (χ4v) is 3.92. The molecule has 1 aromatic heterocycles. The van der Waals surface area contributed by atoms with Gasteiger partial charge in [-0.05, 0) is 43.2 Å². The highest BCUT2D eigenvalue weighted by atomic mass is 16.3. The van der Waals surface area contributed by atoms with Crippen molar-refractivity contribution in [3.05, 3.63) is 18.3 Å². The predicted molar refractivity (Wildman–Crippen MR) is 96.1 cm³/mol. The molecule has 2 heterocycles. The van der Waals surface area contributed by atoms with Crippen molar-refractivity contribution < 1.29 is 9.90 Å². The molecule has 5 nitrogen and oxygen atoms in total. The summed E-state index contributed by atoms with van der Waals surface area (Å²) in [7, 11) is 0. The average molecular weight is 331 g/mol. The first-order valence-corrected chi connectivity index (χ1v) is 9.37. The van der Waals surface area contributed by atoms with Crippen LogP contribution in [-0.4, -0.2) is 35.7 Å². The molecule has 0 atom stereocenters. The zero-order valence-corrected chi connectivity index (χ0v) is 14.4. The molecule has 132 valence electrons. The van der Waals surface area contributed by atoms with Crippen molar-refractivity contribution in [2.24, 2.45) is 11.8 Å². The lowest BCUT2D eigenvalue weighted by molar-refractivity contribution is -0.116. The van der Waals surface area contributed by atoms with Crippen LogP contribution in [0.2, 0.25) is 0 Å². The van der Waals surface area contributed by atoms with E-state index >= 15 is 0 Å². The van der Waals surface area contributed by atoms with E-state index in [9.17, 15) is 9.90 Å². The van der Waals surface area contributed by atoms with Gasteiger partial charge in [0.1, 0.15) is 0 Å². The van der Waals surface area contributed by atoms with E-state index in [4.69, 9.17) is 0 Å². The first-order valence-electron chi connectivity index (χ1n) is 9.37. The molecule has 0 bridgehead atoms. The molecule has 5 heteroatoms. The number of anilines is 2. The SMILES string of the molecule is O=C(CCC1CCCC1)Nc1cccnc1N1CCC(CO)CC1. The Kier molecular flexibility index (Phi) is 6.07. The smallest absolute Gasteiger partial charge is 0.224 e. The van der Waals surface area contributed by atoms with Crippen LogP contribution in [0.4, 0.5) is 11.5 Å². The highest BCUT2D eigenvalue weighted by Crippen LogP contribution is 2.30. The van der Waals surface area contributed by atoms with E-state index in [1.54, 1.807) is 6.20 Å². The van der Waals surface area contributed by atoms with Gasteiger partial charge in [-0.15, -0.1) is 0 Å². The third-order valence-electron chi connectivity index (χ3n) is 5.49. The normalized spacial score (nSPS) is 19.6. The number of nitrogens with one attached hydrogen (secondary N) is 1. The first-order chi connectivity index (χ1) is 11.8. The Hall–Kier alpha value is -1.62. The lowest BCUT2D eigenvalue weighted by Crippen LogP contribution is -2.35. The molecule has 3 rings (SSSR count). The summed E-state index contributed by atoms with van der Waals surface area (Å²) >= 11 is 0. The van der Waals surface area contributed by atoms with Crippen LogP contribution >= 0.6 is 0 Å². The predicted octanol–water partition coefficient (Wildman–Crippen LogP) is 3.20. The molecule has 1 amide bonds. The van der Waals surface area contributed by atoms with Gasteiger partial charge in [-0.25, -0.2) is 4.98 Å². The second-order valence-electron chi connectivity index (χ2n) is 7.22. The number of nitrogens with zero attached hydrogens (tertiary/aromatic N) is 2. The summed E-state index contributed by atoms with van der Waals surface area (Å²) in [6.07, 6.45) is 10.5. The molecule has 24 heavy (non-hydrogen) atoms. The number of hydrogen-bond donors (Lipinski definition) is 2. The van der Waals surface area contributed by atoms with E-state index in [2.05, 4.69) is 15.2 Å². The third-order valence-corrected chi connectivity index (χ3v) is 5.49. The Balaban J connectivity index is 1.56. The van der Waals surface area contributed by atoms with Crippen molar-refractivity contribution >= 4 is 17.4 Å². The number of carbonyl (C=O) groups is 1. The van der Waals surface area contributed by atoms with Gasteiger partial charge in [-0.1, -0.05) is 25.7 Å². The fourth-order valence-electron chi connectivity index (χ4n) is 3.92. The molecule has 0 unspecified atom stereocenters. The zero-order valence-electron chi connectivity index (χ0n) is 14.4. The van der Waals surface area contributed by atoms with E-state index in [-0.39, 0.29) is 12.5 Å². The molecular weight excluding hydrogens is 302 g/mol. The fraction of sp³-hybridized carbons (Fsp3) is 0.684. The van der Waals surface area contributed by atoms with Crippen LogP contribution in [0.5, 0.6) is 0 Å². The van der Waals surface area contributed by atoms with Crippen LogP contribution in [0.25, 0.3) is 0 Å². The van der Waals surface area contributed by atoms with Gasteiger partial charge in [0.2, 0.25) is 5.91 Å². The minimum atomic E-state index is 0.0985. The van der Waals surface area contributed by atoms with Gasteiger partial charge < -0.3 is 15.3 Å². The van der Waals surface area contributed by atoms with Crippen molar-refractivity contribution in [2.75, 3.05) is 29.9 Å². The molecule has 1 aromatic rings. The van der Waals surface area contributed by atoms with Gasteiger partial charge in [-0.2, -0.15) is 0 Å². The second-order valence-corrected chi connectivity index (χ2v) is 7.22. The monoisotopic (exact) mass is 331 g/mol. The van der Waals surface area contributed by atoms with E-state index in [1.807, 2.05) is 12.1 Å². The van der Waals surface area contributed by atoms with Crippen molar-refractivity contribution in [1.82, 2.24) is 4.98 Å². The highest BCUT2D eigenvalue weighted by Gasteiger charge is 2.22. The number of piperidine rings is 1. The molecule has 1 saturated carbocycles. The summed E-state index contributed by atoms with van der Waals surface area (Å²) in [5.41, 5.74) is 0.816. The number of aromatic nitrogens is 1. The molecule has 1 saturated heterocycles. The summed E-state index contributed by atoms with van der Waals surface area (Å²) in [6.45, 7) is 2.03. The van der Waals surface area contributed by atoms with Crippen molar-refractivity contribution in [3.8, 4) is 0 Å². The minimum absolute atomic E-state index is 0.0985. The van der Waals surface area contributed by atoms with Gasteiger partial charge in [0.05, 0.1) is 5.69 Å². The van der Waals surface area contributed by atoms with Gasteiger partial charge in [0, 0.05) is 32.3 Å². The zero-order chi connectivity index (χ0) is 16.8. The van der Waals surface area contributed by atoms with Crippen molar-refractivity contribution in [3.63, 3.8) is 0 Å². The lowest BCUT2D eigenvalue weighted by atomic mass is 9.98. The molecule has 0 spiro atoms. The minimum Gasteiger partial charge on any atom is -0.396 e. The van der Waals surface area contributed by atoms with Gasteiger partial charge in [-0.3, -0.25) is 4.79 Å². The van der Waals surface area contributed by atoms with Crippen LogP contribution in [-0.2, 0) is 4.79 Å². The summed E-state index contributed by atoms with van der Waals surface area (Å²) in [4.78, 5) is 19.0. The number of carbonyl (C=O) groups excluding carboxylic acids is 1. The highest BCUT2D eigenvalue weighted by molar-refractivity contribution is 5.93. The Morgan fingerprint density at radius 2 is 1.96 bits per heavy atom. The number of aliphatic hydroxyl groups is 1. The molecule has 2 N–H and O–H groups in total. The van der Waals surface area contributed by atoms with Crippen molar-refractivity contribution in [2.45, 2.75) is 51.4 Å². The van der Waals surface area contributed by atoms with E-state index in [0.29, 0.717) is 12.3 Å². The summed E-state index contributed by atoms with van der Waals surface area (Å²) in [6, 6.07) is 3.81. The maximum Gasteiger partial charge on any atom is 0.224 e. The number of amides is 1. The summed E-state index contributed by atoms with van der Waals surface area (Å²) < 4.78 is 0. The molecule has 1 aliphatic heterocycles. The quantitative estimate of drug-likeness (QED) is 0.840. The Bertz CT molecular complexity index is 535. The Labute approximate surface area is 144 Å². The third kappa shape index (κ3) is 4.47. The molecule has 2 aliphatic rings. The summed E-state index contributed by atoms with van der Waals surface area (Å²) in [5.74, 6) is 2.10. The number of hydrogen-bond acceptors (Lipinski definition) is 4. The Morgan fingerprint density at radius 1 is 1.21 bits per heavy atom. The van der Waals surface area contributed by atoms with E-state index in [1.165, 1.54) is 25.7 Å². The molecule has 2 fully saturated rings. The van der Waals surface area contributed by atoms with Crippen LogP contribution in [0.15, 0.2) is 18.3 Å². The number of aliphatic hydroxyl groups excluding tert-OH is 1. The topological polar surface area (TPSA) is 65.5 Å². The standard InChI is InChI=1S/C19H29N3O2/c23-14-16-9-12-22(13-10-16)19-17(6-3-11-20-19)21-18(24)8-7-15-4-1-2-5-15/h3,6,11,15-16,23H,1-2,4-5,7-10,12-14H2,(H,21,24). The van der Waals surface area contributed by atoms with E-state index < -0.39 is 0 Å². The molecular formula is C19H29N3O2. The van der Waals surface area contributed by atoms with Crippen LogP contribution in [0.3, 0.4) is 0 Å². The maximum absolute atomic E-state index is 12.3. The van der Waals surface area contributed by atoms with Gasteiger partial charge in [0.25, 0.3) is 0 Å². The van der Waals surface area contributed by atoms with Gasteiger partial charge in [0.15, 0.2) is 5.82 Å². The molecule has 1 aliphatic carbocycles. The van der Waals surface area contributed by atoms with Crippen molar-refractivity contribution in [1.29, 1.82) is 0 Å². The lowest BCUT2D eigenvalue weighted by Gasteiger charge is -2.33. The average Bonchev–Trinajstić information content (AvgIpc) is 3.14. The number of pyridine rings is 1. The molecule has 0 radical (unpaired) electrons. The summed E-state index contributed by atoms with van der Waals surface area (Å²) in [5, 5.41) is 12.3. The Morgan fingerprint density at radius 3 is 2.67 bits per heavy atom. The van der Waals surface area contributed by atoms with E-state index in [0.717, 1.165) is 49.8 Å². The number of rotatable bonds is 6. The molecule has 0 aromatic carbocycles. The van der Waals surface area contributed by atoms with Crippen LogP contribution < -0.4 is 10.2 Å². The van der Waals surface area contributed by atoms with Crippen LogP contribution in [0, 0.1) is 11.8 Å². The van der Waals surface area contributed by atoms with Gasteiger partial charge >= 0.3 is 0 Å². The first kappa shape index (κ1) is 17.2. The largest absolute Gasteiger partial charge is 0.396 e. The van der Waals surface area contributed by atoms with Crippen LogP contribution in [0.1, 0.15) is 51.4 Å². The maximum atomic E-state index is 12.3.